The molecule has 18 heavy (non-hydrogen) atoms. The van der Waals surface area contributed by atoms with Crippen LogP contribution in [0.4, 0.5) is 5.13 Å². The van der Waals surface area contributed by atoms with Crippen molar-refractivity contribution in [1.82, 2.24) is 10.3 Å². The molecule has 0 aliphatic heterocycles. The Bertz CT molecular complexity index is 510. The fourth-order valence-electron chi connectivity index (χ4n) is 1.91. The zero-order valence-electron chi connectivity index (χ0n) is 10.2. The molecule has 1 unspecified atom stereocenters. The van der Waals surface area contributed by atoms with Gasteiger partial charge >= 0.3 is 5.97 Å². The summed E-state index contributed by atoms with van der Waals surface area (Å²) in [6, 6.07) is 0. The number of anilines is 1. The SMILES string of the molecule is Cc1nc(N)sc1C(=O)NC(C)(C(=O)O)C1CC1. The van der Waals surface area contributed by atoms with E-state index in [0.29, 0.717) is 15.7 Å². The third-order valence-electron chi connectivity index (χ3n) is 3.23. The Kier molecular flexibility index (Phi) is 3.02. The summed E-state index contributed by atoms with van der Waals surface area (Å²) < 4.78 is 0. The third-order valence-corrected chi connectivity index (χ3v) is 4.22. The molecule has 1 atom stereocenters. The molecule has 7 heteroatoms. The highest BCUT2D eigenvalue weighted by Crippen LogP contribution is 2.40. The molecule has 1 aliphatic carbocycles. The summed E-state index contributed by atoms with van der Waals surface area (Å²) in [4.78, 5) is 27.7. The van der Waals surface area contributed by atoms with Crippen molar-refractivity contribution in [1.29, 1.82) is 0 Å². The standard InChI is InChI=1S/C11H15N3O3S/c1-5-7(18-10(12)13-5)8(15)14-11(2,9(16)17)6-3-4-6/h6H,3-4H2,1-2H3,(H2,12,13)(H,14,15)(H,16,17). The van der Waals surface area contributed by atoms with E-state index in [-0.39, 0.29) is 5.92 Å². The summed E-state index contributed by atoms with van der Waals surface area (Å²) in [7, 11) is 0. The van der Waals surface area contributed by atoms with Crippen LogP contribution >= 0.6 is 11.3 Å². The Labute approximate surface area is 108 Å². The molecule has 1 amide bonds. The quantitative estimate of drug-likeness (QED) is 0.756. The largest absolute Gasteiger partial charge is 0.480 e. The zero-order valence-corrected chi connectivity index (χ0v) is 11.0. The molecule has 4 N–H and O–H groups in total. The molecule has 2 rings (SSSR count). The topological polar surface area (TPSA) is 105 Å². The lowest BCUT2D eigenvalue weighted by atomic mass is 9.96. The molecule has 1 aromatic rings. The van der Waals surface area contributed by atoms with Crippen molar-refractivity contribution in [2.75, 3.05) is 5.73 Å². The Hall–Kier alpha value is -1.63. The van der Waals surface area contributed by atoms with E-state index in [1.54, 1.807) is 13.8 Å². The van der Waals surface area contributed by atoms with E-state index in [1.165, 1.54) is 0 Å². The molecular weight excluding hydrogens is 254 g/mol. The highest BCUT2D eigenvalue weighted by molar-refractivity contribution is 7.17. The van der Waals surface area contributed by atoms with Crippen molar-refractivity contribution in [3.63, 3.8) is 0 Å². The smallest absolute Gasteiger partial charge is 0.329 e. The number of nitrogens with one attached hydrogen (secondary N) is 1. The molecule has 1 heterocycles. The van der Waals surface area contributed by atoms with E-state index in [1.807, 2.05) is 0 Å². The van der Waals surface area contributed by atoms with Crippen molar-refractivity contribution in [3.05, 3.63) is 10.6 Å². The molecule has 0 bridgehead atoms. The lowest BCUT2D eigenvalue weighted by Gasteiger charge is -2.25. The summed E-state index contributed by atoms with van der Waals surface area (Å²) in [5, 5.41) is 12.2. The maximum atomic E-state index is 12.1. The van der Waals surface area contributed by atoms with Crippen LogP contribution in [0.1, 0.15) is 35.1 Å². The van der Waals surface area contributed by atoms with Crippen molar-refractivity contribution in [2.45, 2.75) is 32.2 Å². The number of thiazole rings is 1. The van der Waals surface area contributed by atoms with Crippen LogP contribution in [-0.4, -0.2) is 27.5 Å². The minimum absolute atomic E-state index is 0.00419. The lowest BCUT2D eigenvalue weighted by molar-refractivity contribution is -0.144. The molecule has 0 aromatic carbocycles. The first-order valence-corrected chi connectivity index (χ1v) is 6.45. The van der Waals surface area contributed by atoms with Gasteiger partial charge in [0.15, 0.2) is 5.13 Å². The van der Waals surface area contributed by atoms with Gasteiger partial charge < -0.3 is 16.2 Å². The molecule has 6 nitrogen and oxygen atoms in total. The molecule has 1 aliphatic rings. The van der Waals surface area contributed by atoms with Gasteiger partial charge in [0.2, 0.25) is 0 Å². The van der Waals surface area contributed by atoms with Crippen LogP contribution < -0.4 is 11.1 Å². The maximum absolute atomic E-state index is 12.1. The second-order valence-corrected chi connectivity index (χ2v) is 5.73. The predicted octanol–water partition coefficient (Wildman–Crippen LogP) is 1.02. The summed E-state index contributed by atoms with van der Waals surface area (Å²) in [6.07, 6.45) is 1.65. The normalized spacial score (nSPS) is 18.1. The van der Waals surface area contributed by atoms with E-state index >= 15 is 0 Å². The Morgan fingerprint density at radius 3 is 2.56 bits per heavy atom. The number of nitrogens with zero attached hydrogens (tertiary/aromatic N) is 1. The van der Waals surface area contributed by atoms with Crippen molar-refractivity contribution < 1.29 is 14.7 Å². The van der Waals surface area contributed by atoms with Gasteiger partial charge in [0.1, 0.15) is 10.4 Å². The fraction of sp³-hybridized carbons (Fsp3) is 0.545. The van der Waals surface area contributed by atoms with Crippen LogP contribution in [0, 0.1) is 12.8 Å². The van der Waals surface area contributed by atoms with Gasteiger partial charge in [-0.05, 0) is 32.6 Å². The van der Waals surface area contributed by atoms with Crippen LogP contribution in [0.25, 0.3) is 0 Å². The molecular formula is C11H15N3O3S. The van der Waals surface area contributed by atoms with E-state index in [4.69, 9.17) is 5.73 Å². The molecule has 1 fully saturated rings. The van der Waals surface area contributed by atoms with E-state index in [2.05, 4.69) is 10.3 Å². The van der Waals surface area contributed by atoms with E-state index in [0.717, 1.165) is 24.2 Å². The number of hydrogen-bond acceptors (Lipinski definition) is 5. The van der Waals surface area contributed by atoms with E-state index < -0.39 is 17.4 Å². The zero-order chi connectivity index (χ0) is 13.5. The number of hydrogen-bond donors (Lipinski definition) is 3. The monoisotopic (exact) mass is 269 g/mol. The Balaban J connectivity index is 2.20. The predicted molar refractivity (Wildman–Crippen MR) is 67.5 cm³/mol. The van der Waals surface area contributed by atoms with Crippen LogP contribution in [0.5, 0.6) is 0 Å². The van der Waals surface area contributed by atoms with Crippen molar-refractivity contribution in [2.24, 2.45) is 5.92 Å². The molecule has 0 spiro atoms. The minimum atomic E-state index is -1.21. The second kappa shape index (κ2) is 4.24. The number of nitrogen functional groups attached to an aromatic ring is 1. The van der Waals surface area contributed by atoms with Gasteiger partial charge in [-0.15, -0.1) is 0 Å². The number of aryl methyl sites for hydroxylation is 1. The number of carboxylic acids is 1. The van der Waals surface area contributed by atoms with Gasteiger partial charge in [-0.1, -0.05) is 11.3 Å². The molecule has 98 valence electrons. The van der Waals surface area contributed by atoms with Crippen molar-refractivity contribution in [3.8, 4) is 0 Å². The second-order valence-electron chi connectivity index (χ2n) is 4.70. The van der Waals surface area contributed by atoms with Crippen LogP contribution in [0.3, 0.4) is 0 Å². The molecule has 0 radical (unpaired) electrons. The fourth-order valence-corrected chi connectivity index (χ4v) is 2.64. The van der Waals surface area contributed by atoms with Gasteiger partial charge in [-0.2, -0.15) is 0 Å². The van der Waals surface area contributed by atoms with Crippen LogP contribution in [0.2, 0.25) is 0 Å². The molecule has 1 saturated carbocycles. The Morgan fingerprint density at radius 2 is 2.17 bits per heavy atom. The minimum Gasteiger partial charge on any atom is -0.480 e. The van der Waals surface area contributed by atoms with Gasteiger partial charge in [0.05, 0.1) is 5.69 Å². The number of aromatic nitrogens is 1. The first-order valence-electron chi connectivity index (χ1n) is 5.63. The van der Waals surface area contributed by atoms with Gasteiger partial charge in [0, 0.05) is 0 Å². The number of rotatable bonds is 4. The maximum Gasteiger partial charge on any atom is 0.329 e. The highest BCUT2D eigenvalue weighted by Gasteiger charge is 2.48. The summed E-state index contributed by atoms with van der Waals surface area (Å²) in [5.74, 6) is -1.42. The number of aliphatic carboxylic acids is 1. The summed E-state index contributed by atoms with van der Waals surface area (Å²) in [6.45, 7) is 3.22. The summed E-state index contributed by atoms with van der Waals surface area (Å²) >= 11 is 1.07. The van der Waals surface area contributed by atoms with E-state index in [9.17, 15) is 14.7 Å². The third kappa shape index (κ3) is 2.17. The first-order chi connectivity index (χ1) is 8.34. The number of amides is 1. The Morgan fingerprint density at radius 1 is 1.56 bits per heavy atom. The van der Waals surface area contributed by atoms with Crippen LogP contribution in [-0.2, 0) is 4.79 Å². The van der Waals surface area contributed by atoms with Crippen LogP contribution in [0.15, 0.2) is 0 Å². The first kappa shape index (κ1) is 12.8. The average Bonchev–Trinajstić information content (AvgIpc) is 3.04. The number of nitrogens with two attached hydrogens (primary N) is 1. The number of carbonyl (C=O) groups excluding carboxylic acids is 1. The number of carboxylic acid groups (broad SMARTS) is 1. The molecule has 0 saturated heterocycles. The average molecular weight is 269 g/mol. The van der Waals surface area contributed by atoms with Gasteiger partial charge in [0.25, 0.3) is 5.91 Å². The highest BCUT2D eigenvalue weighted by atomic mass is 32.1. The molecule has 1 aromatic heterocycles. The lowest BCUT2D eigenvalue weighted by Crippen LogP contribution is -2.54. The van der Waals surface area contributed by atoms with Gasteiger partial charge in [-0.25, -0.2) is 9.78 Å². The summed E-state index contributed by atoms with van der Waals surface area (Å²) in [5.41, 5.74) is 4.84. The van der Waals surface area contributed by atoms with Gasteiger partial charge in [-0.3, -0.25) is 4.79 Å². The van der Waals surface area contributed by atoms with Crippen molar-refractivity contribution >= 4 is 28.3 Å². The number of carbonyl (C=O) groups is 2.